The number of ether oxygens (including phenoxy) is 1. The average molecular weight is 268 g/mol. The number of aromatic nitrogens is 2. The van der Waals surface area contributed by atoms with Gasteiger partial charge in [0.15, 0.2) is 5.69 Å². The Morgan fingerprint density at radius 3 is 2.68 bits per heavy atom. The van der Waals surface area contributed by atoms with E-state index in [-0.39, 0.29) is 24.0 Å². The zero-order valence-corrected chi connectivity index (χ0v) is 11.7. The Hall–Kier alpha value is -2.05. The van der Waals surface area contributed by atoms with Gasteiger partial charge in [-0.3, -0.25) is 4.79 Å². The van der Waals surface area contributed by atoms with Gasteiger partial charge in [0.2, 0.25) is 5.91 Å². The molecule has 1 heterocycles. The summed E-state index contributed by atoms with van der Waals surface area (Å²) in [6.07, 6.45) is 1.38. The molecule has 7 heteroatoms. The van der Waals surface area contributed by atoms with Gasteiger partial charge in [-0.25, -0.2) is 9.78 Å². The Bertz CT molecular complexity index is 470. The smallest absolute Gasteiger partial charge is 0.360 e. The molecule has 7 nitrogen and oxygen atoms in total. The number of rotatable bonds is 5. The van der Waals surface area contributed by atoms with E-state index in [0.717, 1.165) is 0 Å². The largest absolute Gasteiger partial charge is 0.461 e. The van der Waals surface area contributed by atoms with Gasteiger partial charge in [-0.2, -0.15) is 0 Å². The Balaban J connectivity index is 2.97. The van der Waals surface area contributed by atoms with Crippen molar-refractivity contribution in [2.24, 2.45) is 0 Å². The predicted octanol–water partition coefficient (Wildman–Crippen LogP) is 0.681. The molecule has 0 aliphatic rings. The number of carbonyl (C=O) groups is 2. The quantitative estimate of drug-likeness (QED) is 0.793. The van der Waals surface area contributed by atoms with Crippen LogP contribution in [0.3, 0.4) is 0 Å². The molecule has 1 atom stereocenters. The lowest BCUT2D eigenvalue weighted by atomic mass is 10.3. The third-order valence-electron chi connectivity index (χ3n) is 2.93. The van der Waals surface area contributed by atoms with E-state index in [2.05, 4.69) is 4.98 Å². The number of likely N-dealkylation sites (N-methyl/N-ethyl adjacent to an activating group) is 1. The zero-order valence-electron chi connectivity index (χ0n) is 11.7. The number of carbonyl (C=O) groups excluding carboxylic acids is 2. The topological polar surface area (TPSA) is 90.4 Å². The van der Waals surface area contributed by atoms with Gasteiger partial charge < -0.3 is 19.9 Å². The summed E-state index contributed by atoms with van der Waals surface area (Å²) < 4.78 is 6.31. The monoisotopic (exact) mass is 268 g/mol. The minimum atomic E-state index is -0.581. The number of nitrogens with two attached hydrogens (primary N) is 1. The maximum atomic E-state index is 12.0. The Morgan fingerprint density at radius 1 is 1.53 bits per heavy atom. The summed E-state index contributed by atoms with van der Waals surface area (Å²) in [5, 5.41) is 0. The number of amides is 1. The summed E-state index contributed by atoms with van der Waals surface area (Å²) in [6, 6.07) is -0.513. The standard InChI is InChI=1S/C12H20N4O3/c1-5-15(4)11(17)8(3)16-7-14-9(10(16)13)12(18)19-6-2/h7-8H,5-6,13H2,1-4H3. The highest BCUT2D eigenvalue weighted by atomic mass is 16.5. The fraction of sp³-hybridized carbons (Fsp3) is 0.583. The van der Waals surface area contributed by atoms with Crippen molar-refractivity contribution in [2.75, 3.05) is 25.9 Å². The lowest BCUT2D eigenvalue weighted by Gasteiger charge is -2.21. The molecule has 19 heavy (non-hydrogen) atoms. The van der Waals surface area contributed by atoms with Crippen LogP contribution in [-0.2, 0) is 9.53 Å². The highest BCUT2D eigenvalue weighted by Gasteiger charge is 2.24. The van der Waals surface area contributed by atoms with Crippen molar-refractivity contribution in [1.82, 2.24) is 14.5 Å². The van der Waals surface area contributed by atoms with E-state index in [4.69, 9.17) is 10.5 Å². The SMILES string of the molecule is CCOC(=O)c1ncn(C(C)C(=O)N(C)CC)c1N. The van der Waals surface area contributed by atoms with Crippen molar-refractivity contribution in [3.63, 3.8) is 0 Å². The number of nitrogens with zero attached hydrogens (tertiary/aromatic N) is 3. The third-order valence-corrected chi connectivity index (χ3v) is 2.93. The lowest BCUT2D eigenvalue weighted by Crippen LogP contribution is -2.33. The maximum absolute atomic E-state index is 12.0. The van der Waals surface area contributed by atoms with Crippen LogP contribution in [0.4, 0.5) is 5.82 Å². The Morgan fingerprint density at radius 2 is 2.16 bits per heavy atom. The van der Waals surface area contributed by atoms with Crippen LogP contribution in [0.15, 0.2) is 6.33 Å². The van der Waals surface area contributed by atoms with E-state index in [1.54, 1.807) is 25.8 Å². The van der Waals surface area contributed by atoms with E-state index in [1.165, 1.54) is 10.9 Å². The minimum Gasteiger partial charge on any atom is -0.461 e. The van der Waals surface area contributed by atoms with E-state index < -0.39 is 12.0 Å². The number of imidazole rings is 1. The fourth-order valence-electron chi connectivity index (χ4n) is 1.63. The van der Waals surface area contributed by atoms with E-state index in [1.807, 2.05) is 6.92 Å². The molecule has 2 N–H and O–H groups in total. The lowest BCUT2D eigenvalue weighted by molar-refractivity contribution is -0.132. The van der Waals surface area contributed by atoms with Gasteiger partial charge >= 0.3 is 5.97 Å². The van der Waals surface area contributed by atoms with Crippen molar-refractivity contribution in [3.05, 3.63) is 12.0 Å². The number of nitrogen functional groups attached to an aromatic ring is 1. The molecule has 1 aromatic rings. The number of hydrogen-bond acceptors (Lipinski definition) is 5. The summed E-state index contributed by atoms with van der Waals surface area (Å²) in [7, 11) is 1.71. The van der Waals surface area contributed by atoms with Crippen molar-refractivity contribution >= 4 is 17.7 Å². The minimum absolute atomic E-state index is 0.0423. The average Bonchev–Trinajstić information content (AvgIpc) is 2.78. The van der Waals surface area contributed by atoms with Crippen molar-refractivity contribution in [3.8, 4) is 0 Å². The van der Waals surface area contributed by atoms with Crippen LogP contribution in [0.1, 0.15) is 37.3 Å². The first-order chi connectivity index (χ1) is 8.93. The van der Waals surface area contributed by atoms with Gasteiger partial charge in [-0.05, 0) is 20.8 Å². The van der Waals surface area contributed by atoms with Gasteiger partial charge in [0.25, 0.3) is 0 Å². The highest BCUT2D eigenvalue weighted by Crippen LogP contribution is 2.18. The van der Waals surface area contributed by atoms with Crippen LogP contribution in [0.2, 0.25) is 0 Å². The first kappa shape index (κ1) is 15.0. The Labute approximate surface area is 112 Å². The molecular formula is C12H20N4O3. The van der Waals surface area contributed by atoms with E-state index >= 15 is 0 Å². The van der Waals surface area contributed by atoms with Gasteiger partial charge in [0.05, 0.1) is 12.9 Å². The van der Waals surface area contributed by atoms with Crippen molar-refractivity contribution in [1.29, 1.82) is 0 Å². The molecule has 1 aromatic heterocycles. The predicted molar refractivity (Wildman–Crippen MR) is 70.6 cm³/mol. The van der Waals surface area contributed by atoms with E-state index in [0.29, 0.717) is 6.54 Å². The molecule has 0 saturated heterocycles. The number of esters is 1. The van der Waals surface area contributed by atoms with Crippen LogP contribution in [0.5, 0.6) is 0 Å². The second kappa shape index (κ2) is 6.21. The molecule has 1 unspecified atom stereocenters. The number of hydrogen-bond donors (Lipinski definition) is 1. The van der Waals surface area contributed by atoms with Crippen LogP contribution in [-0.4, -0.2) is 46.5 Å². The van der Waals surface area contributed by atoms with E-state index in [9.17, 15) is 9.59 Å². The maximum Gasteiger partial charge on any atom is 0.360 e. The second-order valence-electron chi connectivity index (χ2n) is 4.13. The van der Waals surface area contributed by atoms with Crippen LogP contribution >= 0.6 is 0 Å². The van der Waals surface area contributed by atoms with Gasteiger partial charge in [0, 0.05) is 13.6 Å². The van der Waals surface area contributed by atoms with Crippen LogP contribution < -0.4 is 5.73 Å². The normalized spacial score (nSPS) is 12.0. The summed E-state index contributed by atoms with van der Waals surface area (Å²) in [4.78, 5) is 29.1. The highest BCUT2D eigenvalue weighted by molar-refractivity contribution is 5.92. The summed E-state index contributed by atoms with van der Waals surface area (Å²) >= 11 is 0. The fourth-order valence-corrected chi connectivity index (χ4v) is 1.63. The first-order valence-electron chi connectivity index (χ1n) is 6.18. The van der Waals surface area contributed by atoms with Crippen molar-refractivity contribution in [2.45, 2.75) is 26.8 Å². The van der Waals surface area contributed by atoms with Gasteiger partial charge in [-0.1, -0.05) is 0 Å². The molecule has 0 aliphatic carbocycles. The van der Waals surface area contributed by atoms with Crippen LogP contribution in [0, 0.1) is 0 Å². The molecule has 0 aromatic carbocycles. The first-order valence-corrected chi connectivity index (χ1v) is 6.18. The van der Waals surface area contributed by atoms with Gasteiger partial charge in [0.1, 0.15) is 11.9 Å². The molecular weight excluding hydrogens is 248 g/mol. The third kappa shape index (κ3) is 3.04. The molecule has 0 fully saturated rings. The molecule has 0 bridgehead atoms. The molecule has 106 valence electrons. The summed E-state index contributed by atoms with van der Waals surface area (Å²) in [5.41, 5.74) is 5.89. The zero-order chi connectivity index (χ0) is 14.6. The van der Waals surface area contributed by atoms with Crippen LogP contribution in [0.25, 0.3) is 0 Å². The molecule has 0 saturated carbocycles. The molecule has 1 rings (SSSR count). The Kier molecular flexibility index (Phi) is 4.91. The van der Waals surface area contributed by atoms with Crippen molar-refractivity contribution < 1.29 is 14.3 Å². The summed E-state index contributed by atoms with van der Waals surface area (Å²) in [5.74, 6) is -0.534. The van der Waals surface area contributed by atoms with Gasteiger partial charge in [-0.15, -0.1) is 0 Å². The molecule has 0 spiro atoms. The second-order valence-corrected chi connectivity index (χ2v) is 4.13. The molecule has 0 radical (unpaired) electrons. The molecule has 1 amide bonds. The molecule has 0 aliphatic heterocycles. The number of anilines is 1. The summed E-state index contributed by atoms with van der Waals surface area (Å²) in [6.45, 7) is 6.14.